The van der Waals surface area contributed by atoms with Crippen molar-refractivity contribution in [2.24, 2.45) is 0 Å². The van der Waals surface area contributed by atoms with Crippen molar-refractivity contribution in [1.82, 2.24) is 0 Å². The fourth-order valence-electron chi connectivity index (χ4n) is 2.04. The van der Waals surface area contributed by atoms with Gasteiger partial charge in [0, 0.05) is 10.2 Å². The van der Waals surface area contributed by atoms with Gasteiger partial charge < -0.3 is 5.32 Å². The van der Waals surface area contributed by atoms with Gasteiger partial charge in [-0.3, -0.25) is 0 Å². The third-order valence-corrected chi connectivity index (χ3v) is 3.90. The zero-order valence-electron chi connectivity index (χ0n) is 11.0. The summed E-state index contributed by atoms with van der Waals surface area (Å²) in [5.74, 6) is 0. The lowest BCUT2D eigenvalue weighted by Gasteiger charge is -2.19. The number of anilines is 1. The van der Waals surface area contributed by atoms with Crippen LogP contribution >= 0.6 is 27.5 Å². The lowest BCUT2D eigenvalue weighted by Crippen LogP contribution is -2.09. The molecule has 0 bridgehead atoms. The first-order valence-corrected chi connectivity index (χ1v) is 7.52. The number of hydrogen-bond donors (Lipinski definition) is 1. The van der Waals surface area contributed by atoms with Crippen LogP contribution in [0.5, 0.6) is 0 Å². The van der Waals surface area contributed by atoms with Crippen molar-refractivity contribution in [3.63, 3.8) is 0 Å². The monoisotopic (exact) mass is 348 g/mol. The van der Waals surface area contributed by atoms with E-state index in [1.807, 2.05) is 18.2 Å². The van der Waals surface area contributed by atoms with Crippen molar-refractivity contribution in [2.75, 3.05) is 5.32 Å². The number of rotatable bonds is 4. The molecule has 0 aromatic heterocycles. The molecule has 0 saturated heterocycles. The maximum atomic E-state index is 8.89. The Labute approximate surface area is 132 Å². The van der Waals surface area contributed by atoms with Gasteiger partial charge in [0.25, 0.3) is 0 Å². The molecular formula is C16H14BrClN2. The molecule has 0 aliphatic carbocycles. The summed E-state index contributed by atoms with van der Waals surface area (Å²) in [6.45, 7) is 2.13. The van der Waals surface area contributed by atoms with Gasteiger partial charge >= 0.3 is 0 Å². The highest BCUT2D eigenvalue weighted by atomic mass is 79.9. The Morgan fingerprint density at radius 2 is 2.10 bits per heavy atom. The molecule has 2 aromatic carbocycles. The zero-order chi connectivity index (χ0) is 14.5. The van der Waals surface area contributed by atoms with E-state index >= 15 is 0 Å². The van der Waals surface area contributed by atoms with Crippen molar-refractivity contribution in [1.29, 1.82) is 5.26 Å². The highest BCUT2D eigenvalue weighted by Crippen LogP contribution is 2.27. The summed E-state index contributed by atoms with van der Waals surface area (Å²) >= 11 is 9.55. The molecule has 0 heterocycles. The predicted molar refractivity (Wildman–Crippen MR) is 87.0 cm³/mol. The van der Waals surface area contributed by atoms with Crippen molar-refractivity contribution < 1.29 is 0 Å². The maximum absolute atomic E-state index is 8.89. The molecule has 4 heteroatoms. The third kappa shape index (κ3) is 3.53. The van der Waals surface area contributed by atoms with Crippen LogP contribution in [0, 0.1) is 11.3 Å². The van der Waals surface area contributed by atoms with E-state index in [9.17, 15) is 0 Å². The number of nitrogens with one attached hydrogen (secondary N) is 1. The molecule has 20 heavy (non-hydrogen) atoms. The molecule has 0 amide bonds. The first-order valence-electron chi connectivity index (χ1n) is 6.35. The van der Waals surface area contributed by atoms with Gasteiger partial charge in [-0.2, -0.15) is 5.26 Å². The number of halogens is 2. The average molecular weight is 350 g/mol. The van der Waals surface area contributed by atoms with Crippen LogP contribution in [0.3, 0.4) is 0 Å². The second kappa shape index (κ2) is 6.78. The molecular weight excluding hydrogens is 336 g/mol. The van der Waals surface area contributed by atoms with Crippen LogP contribution in [0.4, 0.5) is 5.69 Å². The van der Waals surface area contributed by atoms with Crippen LogP contribution in [-0.4, -0.2) is 0 Å². The normalized spacial score (nSPS) is 11.7. The standard InChI is InChI=1S/C16H14BrClN2/c1-2-16(11-4-3-5-13(17)8-11)20-14-7-6-12(10-19)15(18)9-14/h3-9,16,20H,2H2,1H3. The summed E-state index contributed by atoms with van der Waals surface area (Å²) in [4.78, 5) is 0. The number of nitriles is 1. The molecule has 1 atom stereocenters. The summed E-state index contributed by atoms with van der Waals surface area (Å²) < 4.78 is 1.06. The number of benzene rings is 2. The van der Waals surface area contributed by atoms with E-state index in [0.29, 0.717) is 10.6 Å². The van der Waals surface area contributed by atoms with Crippen LogP contribution < -0.4 is 5.32 Å². The van der Waals surface area contributed by atoms with Crippen LogP contribution in [0.25, 0.3) is 0 Å². The summed E-state index contributed by atoms with van der Waals surface area (Å²) in [6.07, 6.45) is 0.952. The third-order valence-electron chi connectivity index (χ3n) is 3.09. The highest BCUT2D eigenvalue weighted by Gasteiger charge is 2.10. The second-order valence-corrected chi connectivity index (χ2v) is 5.79. The minimum Gasteiger partial charge on any atom is -0.378 e. The molecule has 0 spiro atoms. The lowest BCUT2D eigenvalue weighted by molar-refractivity contribution is 0.749. The van der Waals surface area contributed by atoms with Gasteiger partial charge in [-0.15, -0.1) is 0 Å². The molecule has 2 rings (SSSR count). The van der Waals surface area contributed by atoms with Gasteiger partial charge in [-0.25, -0.2) is 0 Å². The first-order chi connectivity index (χ1) is 9.63. The van der Waals surface area contributed by atoms with Crippen molar-refractivity contribution >= 4 is 33.2 Å². The van der Waals surface area contributed by atoms with E-state index in [1.165, 1.54) is 5.56 Å². The maximum Gasteiger partial charge on any atom is 0.101 e. The molecule has 2 nitrogen and oxygen atoms in total. The Balaban J connectivity index is 2.23. The quantitative estimate of drug-likeness (QED) is 0.787. The van der Waals surface area contributed by atoms with Crippen LogP contribution in [0.15, 0.2) is 46.9 Å². The molecule has 0 aliphatic rings. The molecule has 0 radical (unpaired) electrons. The molecule has 0 aliphatic heterocycles. The first kappa shape index (κ1) is 14.9. The Morgan fingerprint density at radius 3 is 2.70 bits per heavy atom. The van der Waals surface area contributed by atoms with Gasteiger partial charge in [0.15, 0.2) is 0 Å². The fourth-order valence-corrected chi connectivity index (χ4v) is 2.68. The number of hydrogen-bond acceptors (Lipinski definition) is 2. The van der Waals surface area contributed by atoms with Gasteiger partial charge in [0.2, 0.25) is 0 Å². The Kier molecular flexibility index (Phi) is 5.05. The van der Waals surface area contributed by atoms with Crippen molar-refractivity contribution in [3.05, 3.63) is 63.1 Å². The Bertz CT molecular complexity index is 649. The van der Waals surface area contributed by atoms with E-state index in [-0.39, 0.29) is 6.04 Å². The largest absolute Gasteiger partial charge is 0.378 e. The van der Waals surface area contributed by atoms with Gasteiger partial charge in [0.1, 0.15) is 6.07 Å². The van der Waals surface area contributed by atoms with E-state index < -0.39 is 0 Å². The second-order valence-electron chi connectivity index (χ2n) is 4.47. The SMILES string of the molecule is CCC(Nc1ccc(C#N)c(Cl)c1)c1cccc(Br)c1. The van der Waals surface area contributed by atoms with Crippen LogP contribution in [0.2, 0.25) is 5.02 Å². The predicted octanol–water partition coefficient (Wildman–Crippen LogP) is 5.54. The topological polar surface area (TPSA) is 35.8 Å². The Morgan fingerprint density at radius 1 is 1.30 bits per heavy atom. The van der Waals surface area contributed by atoms with E-state index in [4.69, 9.17) is 16.9 Å². The highest BCUT2D eigenvalue weighted by molar-refractivity contribution is 9.10. The molecule has 102 valence electrons. The van der Waals surface area contributed by atoms with Gasteiger partial charge in [-0.05, 0) is 42.3 Å². The summed E-state index contributed by atoms with van der Waals surface area (Å²) in [5, 5.41) is 12.8. The van der Waals surface area contributed by atoms with E-state index in [2.05, 4.69) is 46.4 Å². The van der Waals surface area contributed by atoms with Crippen molar-refractivity contribution in [3.8, 4) is 6.07 Å². The minimum atomic E-state index is 0.205. The Hall–Kier alpha value is -1.50. The zero-order valence-corrected chi connectivity index (χ0v) is 13.4. The van der Waals surface area contributed by atoms with Crippen molar-refractivity contribution in [2.45, 2.75) is 19.4 Å². The summed E-state index contributed by atoms with van der Waals surface area (Å²) in [5.41, 5.74) is 2.62. The molecule has 2 aromatic rings. The molecule has 1 N–H and O–H groups in total. The molecule has 1 unspecified atom stereocenters. The van der Waals surface area contributed by atoms with E-state index in [0.717, 1.165) is 16.6 Å². The molecule has 0 saturated carbocycles. The average Bonchev–Trinajstić information content (AvgIpc) is 2.45. The summed E-state index contributed by atoms with van der Waals surface area (Å²) in [6, 6.07) is 15.9. The smallest absolute Gasteiger partial charge is 0.101 e. The van der Waals surface area contributed by atoms with Crippen LogP contribution in [0.1, 0.15) is 30.5 Å². The number of nitrogens with zero attached hydrogens (tertiary/aromatic N) is 1. The fraction of sp³-hybridized carbons (Fsp3) is 0.188. The lowest BCUT2D eigenvalue weighted by atomic mass is 10.0. The minimum absolute atomic E-state index is 0.205. The van der Waals surface area contributed by atoms with Gasteiger partial charge in [-0.1, -0.05) is 46.6 Å². The summed E-state index contributed by atoms with van der Waals surface area (Å²) in [7, 11) is 0. The molecule has 0 fully saturated rings. The van der Waals surface area contributed by atoms with E-state index in [1.54, 1.807) is 12.1 Å². The van der Waals surface area contributed by atoms with Crippen LogP contribution in [-0.2, 0) is 0 Å². The van der Waals surface area contributed by atoms with Gasteiger partial charge in [0.05, 0.1) is 16.6 Å².